The van der Waals surface area contributed by atoms with Crippen molar-refractivity contribution in [1.82, 2.24) is 0 Å². The predicted molar refractivity (Wildman–Crippen MR) is 95.9 cm³/mol. The summed E-state index contributed by atoms with van der Waals surface area (Å²) in [5.74, 6) is -1.05. The lowest BCUT2D eigenvalue weighted by molar-refractivity contribution is -0.123. The zero-order valence-corrected chi connectivity index (χ0v) is 15.0. The molecule has 0 spiro atoms. The first kappa shape index (κ1) is 18.3. The lowest BCUT2D eigenvalue weighted by atomic mass is 10.1. The first-order valence-electron chi connectivity index (χ1n) is 7.32. The van der Waals surface area contributed by atoms with E-state index in [1.807, 2.05) is 32.0 Å². The number of carbonyl (C=O) groups is 2. The number of rotatable bonds is 4. The lowest BCUT2D eigenvalue weighted by Crippen LogP contribution is -2.30. The molecule has 6 heteroatoms. The Hall–Kier alpha value is -2.04. The predicted octanol–water partition coefficient (Wildman–Crippen LogP) is 4.79. The zero-order chi connectivity index (χ0) is 17.9. The fourth-order valence-electron chi connectivity index (χ4n) is 2.01. The van der Waals surface area contributed by atoms with Crippen LogP contribution in [0.15, 0.2) is 36.4 Å². The van der Waals surface area contributed by atoms with Crippen molar-refractivity contribution in [1.29, 1.82) is 0 Å². The maximum absolute atomic E-state index is 12.2. The molecule has 1 N–H and O–H groups in total. The molecule has 1 amide bonds. The third-order valence-corrected chi connectivity index (χ3v) is 4.20. The molecule has 0 aliphatic rings. The van der Waals surface area contributed by atoms with Gasteiger partial charge in [0.15, 0.2) is 6.10 Å². The van der Waals surface area contributed by atoms with E-state index >= 15 is 0 Å². The number of hydrogen-bond acceptors (Lipinski definition) is 3. The van der Waals surface area contributed by atoms with Crippen molar-refractivity contribution in [2.45, 2.75) is 26.9 Å². The molecular formula is C18H17Cl2NO3. The summed E-state index contributed by atoms with van der Waals surface area (Å²) < 4.78 is 5.18. The van der Waals surface area contributed by atoms with E-state index in [-0.39, 0.29) is 10.6 Å². The molecule has 1 atom stereocenters. The van der Waals surface area contributed by atoms with Gasteiger partial charge in [-0.15, -0.1) is 0 Å². The fourth-order valence-corrected chi connectivity index (χ4v) is 2.31. The van der Waals surface area contributed by atoms with E-state index in [0.29, 0.717) is 10.7 Å². The van der Waals surface area contributed by atoms with Gasteiger partial charge in [0.1, 0.15) is 0 Å². The number of aryl methyl sites for hydroxylation is 2. The number of anilines is 1. The zero-order valence-electron chi connectivity index (χ0n) is 13.5. The summed E-state index contributed by atoms with van der Waals surface area (Å²) >= 11 is 11.7. The minimum Gasteiger partial charge on any atom is -0.449 e. The smallest absolute Gasteiger partial charge is 0.338 e. The largest absolute Gasteiger partial charge is 0.449 e. The topological polar surface area (TPSA) is 55.4 Å². The van der Waals surface area contributed by atoms with Crippen LogP contribution >= 0.6 is 23.2 Å². The third kappa shape index (κ3) is 4.49. The molecule has 0 heterocycles. The first-order chi connectivity index (χ1) is 11.3. The summed E-state index contributed by atoms with van der Waals surface area (Å²) in [5.41, 5.74) is 2.88. The van der Waals surface area contributed by atoms with Gasteiger partial charge in [-0.25, -0.2) is 4.79 Å². The molecule has 24 heavy (non-hydrogen) atoms. The SMILES string of the molecule is Cc1ccc(C)c(NC(=O)C(C)OC(=O)c2ccc(Cl)c(Cl)c2)c1. The summed E-state index contributed by atoms with van der Waals surface area (Å²) in [5, 5.41) is 3.36. The van der Waals surface area contributed by atoms with Crippen LogP contribution < -0.4 is 5.32 Å². The molecule has 0 bridgehead atoms. The Morgan fingerprint density at radius 1 is 1.04 bits per heavy atom. The first-order valence-corrected chi connectivity index (χ1v) is 8.07. The number of esters is 1. The van der Waals surface area contributed by atoms with Crippen LogP contribution in [0.3, 0.4) is 0 Å². The Kier molecular flexibility index (Phi) is 5.86. The highest BCUT2D eigenvalue weighted by Gasteiger charge is 2.20. The number of benzene rings is 2. The Bertz CT molecular complexity index is 790. The Balaban J connectivity index is 2.04. The molecular weight excluding hydrogens is 349 g/mol. The van der Waals surface area contributed by atoms with Crippen LogP contribution in [-0.4, -0.2) is 18.0 Å². The van der Waals surface area contributed by atoms with Crippen molar-refractivity contribution >= 4 is 40.8 Å². The third-order valence-electron chi connectivity index (χ3n) is 3.46. The van der Waals surface area contributed by atoms with Crippen molar-refractivity contribution in [3.63, 3.8) is 0 Å². The van der Waals surface area contributed by atoms with Crippen LogP contribution in [0.2, 0.25) is 10.0 Å². The number of nitrogens with one attached hydrogen (secondary N) is 1. The monoisotopic (exact) mass is 365 g/mol. The Morgan fingerprint density at radius 3 is 2.42 bits per heavy atom. The summed E-state index contributed by atoms with van der Waals surface area (Å²) in [6, 6.07) is 10.1. The minimum atomic E-state index is -0.952. The van der Waals surface area contributed by atoms with Gasteiger partial charge in [-0.1, -0.05) is 35.3 Å². The maximum Gasteiger partial charge on any atom is 0.338 e. The van der Waals surface area contributed by atoms with Crippen molar-refractivity contribution in [2.75, 3.05) is 5.32 Å². The second-order valence-electron chi connectivity index (χ2n) is 5.48. The van der Waals surface area contributed by atoms with Crippen LogP contribution in [0, 0.1) is 13.8 Å². The normalized spacial score (nSPS) is 11.7. The summed E-state index contributed by atoms with van der Waals surface area (Å²) in [7, 11) is 0. The van der Waals surface area contributed by atoms with Gasteiger partial charge in [-0.2, -0.15) is 0 Å². The minimum absolute atomic E-state index is 0.232. The molecule has 2 aromatic carbocycles. The van der Waals surface area contributed by atoms with Crippen LogP contribution in [0.25, 0.3) is 0 Å². The summed E-state index contributed by atoms with van der Waals surface area (Å²) in [4.78, 5) is 24.3. The van der Waals surface area contributed by atoms with Crippen LogP contribution in [0.4, 0.5) is 5.69 Å². The average molecular weight is 366 g/mol. The molecule has 0 aliphatic carbocycles. The van der Waals surface area contributed by atoms with Gasteiger partial charge in [0.2, 0.25) is 0 Å². The number of carbonyl (C=O) groups excluding carboxylic acids is 2. The lowest BCUT2D eigenvalue weighted by Gasteiger charge is -2.15. The van der Waals surface area contributed by atoms with Gasteiger partial charge >= 0.3 is 5.97 Å². The van der Waals surface area contributed by atoms with Crippen molar-refractivity contribution in [2.24, 2.45) is 0 Å². The number of ether oxygens (including phenoxy) is 1. The standard InChI is InChI=1S/C18H17Cl2NO3/c1-10-4-5-11(2)16(8-10)21-17(22)12(3)24-18(23)13-6-7-14(19)15(20)9-13/h4-9,12H,1-3H3,(H,21,22). The van der Waals surface area contributed by atoms with Crippen LogP contribution in [0.5, 0.6) is 0 Å². The van der Waals surface area contributed by atoms with Gasteiger partial charge < -0.3 is 10.1 Å². The molecule has 4 nitrogen and oxygen atoms in total. The van der Waals surface area contributed by atoms with E-state index in [1.165, 1.54) is 25.1 Å². The van der Waals surface area contributed by atoms with Gasteiger partial charge in [0.25, 0.3) is 5.91 Å². The van der Waals surface area contributed by atoms with Gasteiger partial charge in [0.05, 0.1) is 15.6 Å². The van der Waals surface area contributed by atoms with Crippen LogP contribution in [0.1, 0.15) is 28.4 Å². The highest BCUT2D eigenvalue weighted by atomic mass is 35.5. The van der Waals surface area contributed by atoms with Gasteiger partial charge in [-0.3, -0.25) is 4.79 Å². The van der Waals surface area contributed by atoms with Gasteiger partial charge in [-0.05, 0) is 56.2 Å². The van der Waals surface area contributed by atoms with E-state index in [4.69, 9.17) is 27.9 Å². The molecule has 0 aromatic heterocycles. The summed E-state index contributed by atoms with van der Waals surface area (Å²) in [6.45, 7) is 5.33. The maximum atomic E-state index is 12.2. The molecule has 2 rings (SSSR count). The number of amides is 1. The molecule has 0 radical (unpaired) electrons. The van der Waals surface area contributed by atoms with Gasteiger partial charge in [0, 0.05) is 5.69 Å². The van der Waals surface area contributed by atoms with E-state index in [0.717, 1.165) is 11.1 Å². The second kappa shape index (κ2) is 7.69. The molecule has 0 aliphatic heterocycles. The van der Waals surface area contributed by atoms with E-state index in [9.17, 15) is 9.59 Å². The van der Waals surface area contributed by atoms with Crippen molar-refractivity contribution < 1.29 is 14.3 Å². The number of halogens is 2. The highest BCUT2D eigenvalue weighted by molar-refractivity contribution is 6.42. The van der Waals surface area contributed by atoms with E-state index in [1.54, 1.807) is 0 Å². The molecule has 1 unspecified atom stereocenters. The molecule has 0 fully saturated rings. The Morgan fingerprint density at radius 2 is 1.75 bits per heavy atom. The molecule has 0 saturated heterocycles. The molecule has 0 saturated carbocycles. The van der Waals surface area contributed by atoms with Crippen molar-refractivity contribution in [3.05, 3.63) is 63.1 Å². The highest BCUT2D eigenvalue weighted by Crippen LogP contribution is 2.23. The van der Waals surface area contributed by atoms with Crippen molar-refractivity contribution in [3.8, 4) is 0 Å². The fraction of sp³-hybridized carbons (Fsp3) is 0.222. The van der Waals surface area contributed by atoms with E-state index < -0.39 is 18.0 Å². The number of hydrogen-bond donors (Lipinski definition) is 1. The average Bonchev–Trinajstić information content (AvgIpc) is 2.53. The second-order valence-corrected chi connectivity index (χ2v) is 6.30. The van der Waals surface area contributed by atoms with Crippen LogP contribution in [-0.2, 0) is 9.53 Å². The summed E-state index contributed by atoms with van der Waals surface area (Å²) in [6.07, 6.45) is -0.952. The molecule has 126 valence electrons. The quantitative estimate of drug-likeness (QED) is 0.792. The molecule has 2 aromatic rings. The Labute approximate surface area is 150 Å². The van der Waals surface area contributed by atoms with E-state index in [2.05, 4.69) is 5.32 Å².